The Bertz CT molecular complexity index is 603. The minimum atomic E-state index is -0.0770. The van der Waals surface area contributed by atoms with Crippen LogP contribution >= 0.6 is 0 Å². The Morgan fingerprint density at radius 3 is 3.09 bits per heavy atom. The van der Waals surface area contributed by atoms with Crippen LogP contribution in [0.3, 0.4) is 0 Å². The van der Waals surface area contributed by atoms with Crippen molar-refractivity contribution in [2.75, 3.05) is 19.7 Å². The lowest BCUT2D eigenvalue weighted by molar-refractivity contribution is -0.119. The van der Waals surface area contributed by atoms with E-state index in [0.29, 0.717) is 19.6 Å². The van der Waals surface area contributed by atoms with Gasteiger partial charge in [0.05, 0.1) is 6.61 Å². The summed E-state index contributed by atoms with van der Waals surface area (Å²) in [5.41, 5.74) is 2.30. The number of hydrogen-bond acceptors (Lipinski definition) is 3. The van der Waals surface area contributed by atoms with Crippen molar-refractivity contribution in [2.45, 2.75) is 38.8 Å². The van der Waals surface area contributed by atoms with Crippen LogP contribution in [0.2, 0.25) is 0 Å². The van der Waals surface area contributed by atoms with E-state index in [4.69, 9.17) is 4.74 Å². The van der Waals surface area contributed by atoms with Crippen molar-refractivity contribution in [1.82, 2.24) is 15.5 Å². The van der Waals surface area contributed by atoms with E-state index in [9.17, 15) is 9.59 Å². The van der Waals surface area contributed by atoms with Crippen LogP contribution in [0.4, 0.5) is 4.79 Å². The van der Waals surface area contributed by atoms with Gasteiger partial charge in [-0.25, -0.2) is 4.79 Å². The van der Waals surface area contributed by atoms with Crippen molar-refractivity contribution in [3.8, 4) is 5.75 Å². The fourth-order valence-corrected chi connectivity index (χ4v) is 3.16. The van der Waals surface area contributed by atoms with Crippen molar-refractivity contribution in [1.29, 1.82) is 0 Å². The summed E-state index contributed by atoms with van der Waals surface area (Å²) in [5, 5.41) is 5.82. The normalized spacial score (nSPS) is 19.7. The van der Waals surface area contributed by atoms with Gasteiger partial charge in [0.25, 0.3) is 0 Å². The van der Waals surface area contributed by atoms with Crippen LogP contribution in [-0.4, -0.2) is 42.6 Å². The maximum Gasteiger partial charge on any atom is 0.317 e. The number of ether oxygens (including phenoxy) is 1. The molecule has 0 bridgehead atoms. The Morgan fingerprint density at radius 2 is 2.26 bits per heavy atom. The topological polar surface area (TPSA) is 70.7 Å². The summed E-state index contributed by atoms with van der Waals surface area (Å²) in [6.45, 7) is 4.04. The molecule has 1 aromatic rings. The van der Waals surface area contributed by atoms with E-state index in [1.165, 1.54) is 12.5 Å². The fourth-order valence-electron chi connectivity index (χ4n) is 3.16. The quantitative estimate of drug-likeness (QED) is 0.886. The van der Waals surface area contributed by atoms with Gasteiger partial charge in [0.2, 0.25) is 5.91 Å². The zero-order chi connectivity index (χ0) is 16.2. The predicted octanol–water partition coefficient (Wildman–Crippen LogP) is 1.43. The summed E-state index contributed by atoms with van der Waals surface area (Å²) in [6, 6.07) is 6.08. The third-order valence-electron chi connectivity index (χ3n) is 4.30. The first-order valence-electron chi connectivity index (χ1n) is 8.16. The van der Waals surface area contributed by atoms with Gasteiger partial charge in [-0.3, -0.25) is 4.79 Å². The lowest BCUT2D eigenvalue weighted by atomic mass is 10.0. The number of aryl methyl sites for hydroxylation is 1. The molecule has 2 heterocycles. The first-order valence-corrected chi connectivity index (χ1v) is 8.16. The number of carbonyl (C=O) groups is 2. The summed E-state index contributed by atoms with van der Waals surface area (Å²) in [4.78, 5) is 25.0. The zero-order valence-electron chi connectivity index (χ0n) is 13.4. The highest BCUT2D eigenvalue weighted by atomic mass is 16.5. The molecule has 2 aliphatic heterocycles. The highest BCUT2D eigenvalue weighted by molar-refractivity contribution is 5.75. The number of nitrogens with one attached hydrogen (secondary N) is 2. The number of urea groups is 1. The fraction of sp³-hybridized carbons (Fsp3) is 0.529. The average Bonchev–Trinajstić information content (AvgIpc) is 3.00. The van der Waals surface area contributed by atoms with Crippen LogP contribution in [0.15, 0.2) is 18.2 Å². The smallest absolute Gasteiger partial charge is 0.317 e. The average molecular weight is 317 g/mol. The molecule has 23 heavy (non-hydrogen) atoms. The minimum Gasteiger partial charge on any atom is -0.493 e. The van der Waals surface area contributed by atoms with Gasteiger partial charge in [-0.1, -0.05) is 12.1 Å². The number of hydrogen-bond donors (Lipinski definition) is 2. The molecule has 1 saturated heterocycles. The van der Waals surface area contributed by atoms with E-state index in [-0.39, 0.29) is 18.0 Å². The number of benzene rings is 1. The van der Waals surface area contributed by atoms with Crippen molar-refractivity contribution in [3.05, 3.63) is 29.3 Å². The van der Waals surface area contributed by atoms with Gasteiger partial charge in [-0.15, -0.1) is 0 Å². The van der Waals surface area contributed by atoms with Gasteiger partial charge in [0.15, 0.2) is 0 Å². The van der Waals surface area contributed by atoms with E-state index in [1.807, 2.05) is 12.1 Å². The molecule has 3 rings (SSSR count). The summed E-state index contributed by atoms with van der Waals surface area (Å²) in [7, 11) is 0. The van der Waals surface area contributed by atoms with Crippen LogP contribution in [-0.2, 0) is 17.8 Å². The van der Waals surface area contributed by atoms with Gasteiger partial charge in [-0.05, 0) is 36.5 Å². The highest BCUT2D eigenvalue weighted by Crippen LogP contribution is 2.25. The van der Waals surface area contributed by atoms with Crippen LogP contribution < -0.4 is 15.4 Å². The molecule has 0 aromatic heterocycles. The van der Waals surface area contributed by atoms with Crippen LogP contribution in [0.5, 0.6) is 5.75 Å². The van der Waals surface area contributed by atoms with Gasteiger partial charge in [0, 0.05) is 32.6 Å². The Balaban J connectivity index is 1.50. The first kappa shape index (κ1) is 15.6. The van der Waals surface area contributed by atoms with Crippen molar-refractivity contribution < 1.29 is 14.3 Å². The summed E-state index contributed by atoms with van der Waals surface area (Å²) in [6.07, 6.45) is 2.88. The number of likely N-dealkylation sites (tertiary alicyclic amines) is 1. The van der Waals surface area contributed by atoms with E-state index in [0.717, 1.165) is 37.2 Å². The second kappa shape index (κ2) is 6.89. The maximum atomic E-state index is 12.2. The number of rotatable bonds is 3. The van der Waals surface area contributed by atoms with Gasteiger partial charge in [-0.2, -0.15) is 0 Å². The lowest BCUT2D eigenvalue weighted by Gasteiger charge is -2.19. The molecule has 1 atom stereocenters. The molecular formula is C17H23N3O3. The Hall–Kier alpha value is -2.24. The van der Waals surface area contributed by atoms with Crippen LogP contribution in [0, 0.1) is 0 Å². The van der Waals surface area contributed by atoms with Gasteiger partial charge >= 0.3 is 6.03 Å². The second-order valence-electron chi connectivity index (χ2n) is 6.18. The molecule has 0 saturated carbocycles. The molecule has 6 heteroatoms. The van der Waals surface area contributed by atoms with Crippen molar-refractivity contribution in [3.63, 3.8) is 0 Å². The van der Waals surface area contributed by atoms with Crippen LogP contribution in [0.1, 0.15) is 30.9 Å². The summed E-state index contributed by atoms with van der Waals surface area (Å²) < 4.78 is 5.60. The molecule has 0 radical (unpaired) electrons. The number of carbonyl (C=O) groups excluding carboxylic acids is 2. The Labute approximate surface area is 136 Å². The van der Waals surface area contributed by atoms with Crippen LogP contribution in [0.25, 0.3) is 0 Å². The molecule has 1 fully saturated rings. The summed E-state index contributed by atoms with van der Waals surface area (Å²) >= 11 is 0. The van der Waals surface area contributed by atoms with E-state index in [2.05, 4.69) is 16.7 Å². The second-order valence-corrected chi connectivity index (χ2v) is 6.18. The number of amides is 3. The summed E-state index contributed by atoms with van der Waals surface area (Å²) in [5.74, 6) is 0.914. The molecular weight excluding hydrogens is 294 g/mol. The third kappa shape index (κ3) is 3.94. The number of fused-ring (bicyclic) bond motifs is 1. The van der Waals surface area contributed by atoms with Crippen molar-refractivity contribution in [2.24, 2.45) is 0 Å². The number of nitrogens with zero attached hydrogens (tertiary/aromatic N) is 1. The third-order valence-corrected chi connectivity index (χ3v) is 4.30. The van der Waals surface area contributed by atoms with E-state index >= 15 is 0 Å². The van der Waals surface area contributed by atoms with Crippen molar-refractivity contribution >= 4 is 11.9 Å². The molecule has 1 aromatic carbocycles. The lowest BCUT2D eigenvalue weighted by Crippen LogP contribution is -2.41. The molecule has 3 amide bonds. The monoisotopic (exact) mass is 317 g/mol. The molecule has 0 aliphatic carbocycles. The zero-order valence-corrected chi connectivity index (χ0v) is 13.4. The molecule has 6 nitrogen and oxygen atoms in total. The first-order chi connectivity index (χ1) is 11.1. The molecule has 0 spiro atoms. The largest absolute Gasteiger partial charge is 0.493 e. The predicted molar refractivity (Wildman–Crippen MR) is 86.3 cm³/mol. The Morgan fingerprint density at radius 1 is 1.39 bits per heavy atom. The SMILES string of the molecule is CC(=O)N[C@@H]1CCN(C(=O)NCc2ccc3c(c2)CCCO3)C1. The minimum absolute atomic E-state index is 0.0477. The standard InChI is InChI=1S/C17H23N3O3/c1-12(21)19-15-6-7-20(11-15)17(22)18-10-13-4-5-16-14(9-13)3-2-8-23-16/h4-5,9,15H,2-3,6-8,10-11H2,1H3,(H,18,22)(H,19,21)/t15-/m1/s1. The molecule has 0 unspecified atom stereocenters. The Kier molecular flexibility index (Phi) is 4.69. The highest BCUT2D eigenvalue weighted by Gasteiger charge is 2.26. The maximum absolute atomic E-state index is 12.2. The molecule has 2 aliphatic rings. The van der Waals surface area contributed by atoms with E-state index < -0.39 is 0 Å². The van der Waals surface area contributed by atoms with E-state index in [1.54, 1.807) is 4.90 Å². The molecule has 2 N–H and O–H groups in total. The van der Waals surface area contributed by atoms with Gasteiger partial charge in [0.1, 0.15) is 5.75 Å². The molecule has 124 valence electrons. The van der Waals surface area contributed by atoms with Gasteiger partial charge < -0.3 is 20.3 Å².